The van der Waals surface area contributed by atoms with Gasteiger partial charge in [0.25, 0.3) is 5.91 Å². The summed E-state index contributed by atoms with van der Waals surface area (Å²) in [4.78, 5) is 22.6. The Morgan fingerprint density at radius 3 is 2.54 bits per heavy atom. The monoisotopic (exact) mass is 497 g/mol. The number of nitrogens with zero attached hydrogens (tertiary/aromatic N) is 5. The number of aromatic nitrogens is 4. The summed E-state index contributed by atoms with van der Waals surface area (Å²) in [7, 11) is 0. The zero-order valence-corrected chi connectivity index (χ0v) is 20.5. The second-order valence-corrected chi connectivity index (χ2v) is 8.58. The summed E-state index contributed by atoms with van der Waals surface area (Å²) in [5, 5.41) is 18.9. The van der Waals surface area contributed by atoms with E-state index in [1.54, 1.807) is 30.3 Å². The molecule has 4 rings (SSSR count). The van der Waals surface area contributed by atoms with Crippen LogP contribution in [0.25, 0.3) is 22.5 Å². The molecule has 0 spiro atoms. The number of hydrogen-bond acceptors (Lipinski definition) is 8. The van der Waals surface area contributed by atoms with Gasteiger partial charge in [-0.2, -0.15) is 4.98 Å². The molecule has 1 fully saturated rings. The molecule has 1 aliphatic heterocycles. The fraction of sp³-hybridized carbons (Fsp3) is 0.400. The number of piperidine rings is 1. The highest BCUT2D eigenvalue weighted by Gasteiger charge is 2.28. The highest BCUT2D eigenvalue weighted by Crippen LogP contribution is 2.34. The maximum Gasteiger partial charge on any atom is 0.336 e. The number of benzene rings is 1. The van der Waals surface area contributed by atoms with Gasteiger partial charge in [-0.3, -0.25) is 9.78 Å². The van der Waals surface area contributed by atoms with Crippen molar-refractivity contribution in [1.29, 1.82) is 0 Å². The molecule has 184 valence electrons. The first-order valence-electron chi connectivity index (χ1n) is 11.7. The lowest BCUT2D eigenvalue weighted by molar-refractivity contribution is -0.142. The minimum Gasteiger partial charge on any atom is -0.494 e. The van der Waals surface area contributed by atoms with Crippen LogP contribution in [0.5, 0.6) is 11.8 Å². The molecular formula is C25H28ClN5O4. The lowest BCUT2D eigenvalue weighted by Gasteiger charge is -2.32. The summed E-state index contributed by atoms with van der Waals surface area (Å²) in [6, 6.07) is 9.44. The number of aliphatic hydroxyl groups is 1. The molecule has 3 heterocycles. The Hall–Kier alpha value is -3.30. The Morgan fingerprint density at radius 2 is 1.89 bits per heavy atom. The lowest BCUT2D eigenvalue weighted by atomic mass is 10.1. The van der Waals surface area contributed by atoms with Gasteiger partial charge in [-0.1, -0.05) is 23.6 Å². The van der Waals surface area contributed by atoms with Crippen LogP contribution in [-0.4, -0.2) is 68.0 Å². The molecule has 2 aromatic heterocycles. The van der Waals surface area contributed by atoms with Gasteiger partial charge in [0.15, 0.2) is 0 Å². The summed E-state index contributed by atoms with van der Waals surface area (Å²) < 4.78 is 11.6. The molecule has 1 atom stereocenters. The SMILES string of the molecule is CCOc1ccc(-c2nnc(OC3CCN(C(=O)[C@@H](O)CC)CC3)nc2-c2ccncc2Cl)cc1. The number of pyridine rings is 1. The summed E-state index contributed by atoms with van der Waals surface area (Å²) in [5.74, 6) is 0.523. The summed E-state index contributed by atoms with van der Waals surface area (Å²) in [5.41, 5.74) is 2.57. The first-order chi connectivity index (χ1) is 17.0. The van der Waals surface area contributed by atoms with E-state index in [1.807, 2.05) is 31.2 Å². The predicted octanol–water partition coefficient (Wildman–Crippen LogP) is 3.79. The summed E-state index contributed by atoms with van der Waals surface area (Å²) in [6.45, 7) is 5.30. The minimum absolute atomic E-state index is 0.140. The second-order valence-electron chi connectivity index (χ2n) is 8.17. The number of amides is 1. The van der Waals surface area contributed by atoms with Crippen molar-refractivity contribution in [3.05, 3.63) is 47.7 Å². The van der Waals surface area contributed by atoms with E-state index in [1.165, 1.54) is 0 Å². The van der Waals surface area contributed by atoms with Gasteiger partial charge in [-0.15, -0.1) is 5.10 Å². The molecule has 0 radical (unpaired) electrons. The molecule has 0 aliphatic carbocycles. The van der Waals surface area contributed by atoms with Crippen molar-refractivity contribution < 1.29 is 19.4 Å². The Balaban J connectivity index is 1.57. The van der Waals surface area contributed by atoms with Crippen LogP contribution in [0, 0.1) is 0 Å². The number of hydrogen-bond donors (Lipinski definition) is 1. The van der Waals surface area contributed by atoms with Crippen molar-refractivity contribution in [3.8, 4) is 34.3 Å². The molecule has 1 N–H and O–H groups in total. The van der Waals surface area contributed by atoms with E-state index in [4.69, 9.17) is 21.1 Å². The van der Waals surface area contributed by atoms with Crippen molar-refractivity contribution in [1.82, 2.24) is 25.1 Å². The van der Waals surface area contributed by atoms with Crippen LogP contribution in [0.3, 0.4) is 0 Å². The van der Waals surface area contributed by atoms with Crippen molar-refractivity contribution in [2.75, 3.05) is 19.7 Å². The van der Waals surface area contributed by atoms with Gasteiger partial charge in [0.1, 0.15) is 29.3 Å². The highest BCUT2D eigenvalue weighted by molar-refractivity contribution is 6.33. The second kappa shape index (κ2) is 11.4. The van der Waals surface area contributed by atoms with Gasteiger partial charge in [-0.25, -0.2) is 0 Å². The van der Waals surface area contributed by atoms with Gasteiger partial charge < -0.3 is 19.5 Å². The first-order valence-corrected chi connectivity index (χ1v) is 12.1. The van der Waals surface area contributed by atoms with E-state index in [0.29, 0.717) is 60.9 Å². The molecule has 0 saturated carbocycles. The molecular weight excluding hydrogens is 470 g/mol. The Bertz CT molecular complexity index is 1150. The van der Waals surface area contributed by atoms with Crippen molar-refractivity contribution in [3.63, 3.8) is 0 Å². The van der Waals surface area contributed by atoms with Crippen LogP contribution < -0.4 is 9.47 Å². The zero-order valence-electron chi connectivity index (χ0n) is 19.7. The third-order valence-electron chi connectivity index (χ3n) is 5.83. The van der Waals surface area contributed by atoms with E-state index < -0.39 is 6.10 Å². The van der Waals surface area contributed by atoms with Crippen molar-refractivity contribution in [2.45, 2.75) is 45.3 Å². The molecule has 0 bridgehead atoms. The van der Waals surface area contributed by atoms with Gasteiger partial charge in [0.05, 0.1) is 11.6 Å². The Kier molecular flexibility index (Phi) is 8.09. The molecule has 1 aliphatic rings. The number of ether oxygens (including phenoxy) is 2. The predicted molar refractivity (Wildman–Crippen MR) is 131 cm³/mol. The highest BCUT2D eigenvalue weighted by atomic mass is 35.5. The van der Waals surface area contributed by atoms with Crippen LogP contribution in [0.15, 0.2) is 42.7 Å². The largest absolute Gasteiger partial charge is 0.494 e. The van der Waals surface area contributed by atoms with E-state index in [2.05, 4.69) is 20.2 Å². The molecule has 0 unspecified atom stereocenters. The van der Waals surface area contributed by atoms with Crippen molar-refractivity contribution >= 4 is 17.5 Å². The van der Waals surface area contributed by atoms with Crippen LogP contribution in [0.1, 0.15) is 33.1 Å². The normalized spacial score (nSPS) is 15.0. The number of rotatable bonds is 8. The van der Waals surface area contributed by atoms with E-state index in [-0.39, 0.29) is 18.0 Å². The third-order valence-corrected chi connectivity index (χ3v) is 6.13. The van der Waals surface area contributed by atoms with Gasteiger partial charge in [0.2, 0.25) is 0 Å². The molecule has 10 heteroatoms. The maximum absolute atomic E-state index is 12.2. The molecule has 1 aromatic carbocycles. The van der Waals surface area contributed by atoms with E-state index in [0.717, 1.165) is 11.3 Å². The summed E-state index contributed by atoms with van der Waals surface area (Å²) in [6.07, 6.45) is 3.69. The molecule has 1 saturated heterocycles. The molecule has 9 nitrogen and oxygen atoms in total. The van der Waals surface area contributed by atoms with E-state index in [9.17, 15) is 9.90 Å². The Labute approximate surface area is 209 Å². The average molecular weight is 498 g/mol. The fourth-order valence-electron chi connectivity index (χ4n) is 3.91. The van der Waals surface area contributed by atoms with Crippen molar-refractivity contribution in [2.24, 2.45) is 0 Å². The number of likely N-dealkylation sites (tertiary alicyclic amines) is 1. The number of carbonyl (C=O) groups excluding carboxylic acids is 1. The van der Waals surface area contributed by atoms with Crippen LogP contribution in [0.2, 0.25) is 5.02 Å². The molecule has 1 amide bonds. The number of halogens is 1. The van der Waals surface area contributed by atoms with Crippen LogP contribution in [-0.2, 0) is 4.79 Å². The van der Waals surface area contributed by atoms with E-state index >= 15 is 0 Å². The quantitative estimate of drug-likeness (QED) is 0.500. The average Bonchev–Trinajstić information content (AvgIpc) is 2.89. The zero-order chi connectivity index (χ0) is 24.8. The lowest BCUT2D eigenvalue weighted by Crippen LogP contribution is -2.46. The fourth-order valence-corrected chi connectivity index (χ4v) is 4.12. The van der Waals surface area contributed by atoms with Gasteiger partial charge in [0, 0.05) is 49.5 Å². The van der Waals surface area contributed by atoms with Crippen LogP contribution >= 0.6 is 11.6 Å². The standard InChI is InChI=1S/C25H28ClN5O4/c1-3-21(32)24(33)31-13-10-18(11-14-31)35-25-28-23(19-9-12-27-15-20(19)26)22(29-30-25)16-5-7-17(8-6-16)34-4-2/h5-9,12,15,18,21,32H,3-4,10-11,13-14H2,1-2H3/t21-/m0/s1. The minimum atomic E-state index is -0.956. The van der Waals surface area contributed by atoms with Crippen LogP contribution in [0.4, 0.5) is 0 Å². The number of aliphatic hydroxyl groups excluding tert-OH is 1. The summed E-state index contributed by atoms with van der Waals surface area (Å²) >= 11 is 6.44. The van der Waals surface area contributed by atoms with Gasteiger partial charge >= 0.3 is 6.01 Å². The Morgan fingerprint density at radius 1 is 1.14 bits per heavy atom. The smallest absolute Gasteiger partial charge is 0.336 e. The van der Waals surface area contributed by atoms with Gasteiger partial charge in [-0.05, 0) is 43.7 Å². The third kappa shape index (κ3) is 5.86. The molecule has 3 aromatic rings. The number of carbonyl (C=O) groups is 1. The molecule has 35 heavy (non-hydrogen) atoms. The first kappa shape index (κ1) is 24.8. The topological polar surface area (TPSA) is 111 Å². The maximum atomic E-state index is 12.2.